The number of nitrogens with one attached hydrogen (secondary N) is 1. The van der Waals surface area contributed by atoms with E-state index in [4.69, 9.17) is 0 Å². The van der Waals surface area contributed by atoms with Crippen molar-refractivity contribution in [2.45, 2.75) is 69.5 Å². The minimum atomic E-state index is -4.14. The molecule has 0 aromatic heterocycles. The second-order valence-electron chi connectivity index (χ2n) is 9.28. The first kappa shape index (κ1) is 24.9. The number of hydrogen-bond donors (Lipinski definition) is 1. The van der Waals surface area contributed by atoms with Crippen LogP contribution in [0.1, 0.15) is 60.5 Å². The SMILES string of the molecule is Cc1ccccc1CN(C(=O)CN1C(=O)c2ccccc2S1(=O)=O)[C@@H](C)C(=O)NC1CCCCC1. The normalized spacial score (nSPS) is 18.1. The topological polar surface area (TPSA) is 104 Å². The van der Waals surface area contributed by atoms with E-state index in [1.54, 1.807) is 13.0 Å². The largest absolute Gasteiger partial charge is 0.352 e. The van der Waals surface area contributed by atoms with Gasteiger partial charge in [0.05, 0.1) is 5.56 Å². The zero-order valence-corrected chi connectivity index (χ0v) is 20.9. The molecule has 0 unspecified atom stereocenters. The Morgan fingerprint density at radius 3 is 2.40 bits per heavy atom. The minimum absolute atomic E-state index is 0.0499. The molecular formula is C26H31N3O5S. The first-order valence-corrected chi connectivity index (χ1v) is 13.4. The predicted molar refractivity (Wildman–Crippen MR) is 131 cm³/mol. The highest BCUT2D eigenvalue weighted by Gasteiger charge is 2.43. The molecule has 2 aromatic rings. The zero-order valence-electron chi connectivity index (χ0n) is 20.1. The lowest BCUT2D eigenvalue weighted by atomic mass is 9.95. The highest BCUT2D eigenvalue weighted by molar-refractivity contribution is 7.90. The lowest BCUT2D eigenvalue weighted by Gasteiger charge is -2.32. The molecule has 0 spiro atoms. The third kappa shape index (κ3) is 5.10. The molecule has 0 radical (unpaired) electrons. The van der Waals surface area contributed by atoms with Crippen molar-refractivity contribution in [3.63, 3.8) is 0 Å². The van der Waals surface area contributed by atoms with Gasteiger partial charge < -0.3 is 10.2 Å². The molecule has 1 atom stereocenters. The van der Waals surface area contributed by atoms with Crippen LogP contribution in [-0.2, 0) is 26.2 Å². The number of fused-ring (bicyclic) bond motifs is 1. The Hall–Kier alpha value is -3.20. The van der Waals surface area contributed by atoms with Gasteiger partial charge in [-0.1, -0.05) is 55.7 Å². The Bertz CT molecular complexity index is 1240. The Morgan fingerprint density at radius 2 is 1.71 bits per heavy atom. The van der Waals surface area contributed by atoms with Crippen LogP contribution in [0.2, 0.25) is 0 Å². The van der Waals surface area contributed by atoms with Gasteiger partial charge in [0.25, 0.3) is 15.9 Å². The summed E-state index contributed by atoms with van der Waals surface area (Å²) in [4.78, 5) is 40.8. The number of benzene rings is 2. The summed E-state index contributed by atoms with van der Waals surface area (Å²) in [5, 5.41) is 3.06. The smallest absolute Gasteiger partial charge is 0.269 e. The molecule has 1 aliphatic carbocycles. The van der Waals surface area contributed by atoms with E-state index in [0.29, 0.717) is 4.31 Å². The standard InChI is InChI=1S/C26H31N3O5S/c1-18-10-6-7-11-20(18)16-28(19(2)25(31)27-21-12-4-3-5-13-21)24(30)17-29-26(32)22-14-8-9-15-23(22)35(29,33)34/h6-11,14-15,19,21H,3-5,12-13,16-17H2,1-2H3,(H,27,31)/t19-/m0/s1. The number of hydrogen-bond acceptors (Lipinski definition) is 5. The quantitative estimate of drug-likeness (QED) is 0.633. The molecule has 9 heteroatoms. The van der Waals surface area contributed by atoms with E-state index < -0.39 is 34.4 Å². The van der Waals surface area contributed by atoms with E-state index in [2.05, 4.69) is 5.32 Å². The molecule has 2 aliphatic rings. The second kappa shape index (κ2) is 10.2. The summed E-state index contributed by atoms with van der Waals surface area (Å²) in [6.07, 6.45) is 5.08. The Balaban J connectivity index is 1.58. The zero-order chi connectivity index (χ0) is 25.2. The summed E-state index contributed by atoms with van der Waals surface area (Å²) in [7, 11) is -4.14. The van der Waals surface area contributed by atoms with E-state index >= 15 is 0 Å². The first-order valence-electron chi connectivity index (χ1n) is 12.0. The van der Waals surface area contributed by atoms with E-state index in [1.165, 1.54) is 23.1 Å². The van der Waals surface area contributed by atoms with E-state index in [9.17, 15) is 22.8 Å². The van der Waals surface area contributed by atoms with Crippen molar-refractivity contribution < 1.29 is 22.8 Å². The van der Waals surface area contributed by atoms with Crippen LogP contribution in [0.3, 0.4) is 0 Å². The highest BCUT2D eigenvalue weighted by Crippen LogP contribution is 2.30. The summed E-state index contributed by atoms with van der Waals surface area (Å²) in [6, 6.07) is 12.7. The molecule has 1 heterocycles. The molecule has 35 heavy (non-hydrogen) atoms. The number of carbonyl (C=O) groups is 3. The fraction of sp³-hybridized carbons (Fsp3) is 0.423. The van der Waals surface area contributed by atoms with Crippen LogP contribution in [0.15, 0.2) is 53.4 Å². The van der Waals surface area contributed by atoms with Gasteiger partial charge in [-0.3, -0.25) is 14.4 Å². The van der Waals surface area contributed by atoms with Gasteiger partial charge in [-0.15, -0.1) is 0 Å². The summed E-state index contributed by atoms with van der Waals surface area (Å²) in [5.74, 6) is -1.62. The molecule has 3 amide bonds. The molecular weight excluding hydrogens is 466 g/mol. The van der Waals surface area contributed by atoms with Gasteiger partial charge in [0, 0.05) is 12.6 Å². The second-order valence-corrected chi connectivity index (χ2v) is 11.1. The molecule has 186 valence electrons. The van der Waals surface area contributed by atoms with Gasteiger partial charge >= 0.3 is 0 Å². The molecule has 1 aliphatic heterocycles. The van der Waals surface area contributed by atoms with Crippen molar-refractivity contribution in [2.75, 3.05) is 6.54 Å². The summed E-state index contributed by atoms with van der Waals surface area (Å²) in [5.41, 5.74) is 1.84. The third-order valence-electron chi connectivity index (χ3n) is 6.91. The van der Waals surface area contributed by atoms with Gasteiger partial charge in [-0.25, -0.2) is 12.7 Å². The first-order chi connectivity index (χ1) is 16.7. The number of carbonyl (C=O) groups excluding carboxylic acids is 3. The summed E-state index contributed by atoms with van der Waals surface area (Å²) >= 11 is 0. The minimum Gasteiger partial charge on any atom is -0.352 e. The molecule has 8 nitrogen and oxygen atoms in total. The fourth-order valence-electron chi connectivity index (χ4n) is 4.72. The molecule has 0 bridgehead atoms. The molecule has 1 N–H and O–H groups in total. The van der Waals surface area contributed by atoms with Crippen molar-refractivity contribution in [2.24, 2.45) is 0 Å². The van der Waals surface area contributed by atoms with Crippen molar-refractivity contribution in [1.82, 2.24) is 14.5 Å². The number of amides is 3. The maximum absolute atomic E-state index is 13.5. The molecule has 1 fully saturated rings. The van der Waals surface area contributed by atoms with Crippen LogP contribution in [0.4, 0.5) is 0 Å². The Morgan fingerprint density at radius 1 is 1.06 bits per heavy atom. The average Bonchev–Trinajstić information content (AvgIpc) is 3.04. The molecule has 1 saturated carbocycles. The van der Waals surface area contributed by atoms with Crippen molar-refractivity contribution >= 4 is 27.7 Å². The summed E-state index contributed by atoms with van der Waals surface area (Å²) in [6.45, 7) is 3.02. The predicted octanol–water partition coefficient (Wildman–Crippen LogP) is 3.01. The van der Waals surface area contributed by atoms with Gasteiger partial charge in [0.15, 0.2) is 0 Å². The molecule has 0 saturated heterocycles. The number of aryl methyl sites for hydroxylation is 1. The lowest BCUT2D eigenvalue weighted by molar-refractivity contribution is -0.140. The van der Waals surface area contributed by atoms with Gasteiger partial charge in [0.2, 0.25) is 11.8 Å². The summed E-state index contributed by atoms with van der Waals surface area (Å²) < 4.78 is 26.6. The third-order valence-corrected chi connectivity index (χ3v) is 8.70. The maximum Gasteiger partial charge on any atom is 0.269 e. The maximum atomic E-state index is 13.5. The lowest BCUT2D eigenvalue weighted by Crippen LogP contribution is -2.53. The highest BCUT2D eigenvalue weighted by atomic mass is 32.2. The Labute approximate surface area is 206 Å². The van der Waals surface area contributed by atoms with Gasteiger partial charge in [-0.05, 0) is 49.9 Å². The average molecular weight is 498 g/mol. The molecule has 4 rings (SSSR count). The van der Waals surface area contributed by atoms with Crippen molar-refractivity contribution in [3.05, 3.63) is 65.2 Å². The van der Waals surface area contributed by atoms with E-state index in [0.717, 1.165) is 43.2 Å². The fourth-order valence-corrected chi connectivity index (χ4v) is 6.24. The molecule has 2 aromatic carbocycles. The van der Waals surface area contributed by atoms with Crippen LogP contribution >= 0.6 is 0 Å². The number of rotatable bonds is 7. The van der Waals surface area contributed by atoms with E-state index in [-0.39, 0.29) is 29.0 Å². The van der Waals surface area contributed by atoms with Crippen LogP contribution in [0.25, 0.3) is 0 Å². The van der Waals surface area contributed by atoms with Crippen LogP contribution < -0.4 is 5.32 Å². The number of nitrogens with zero attached hydrogens (tertiary/aromatic N) is 2. The number of sulfonamides is 1. The van der Waals surface area contributed by atoms with Crippen molar-refractivity contribution in [3.8, 4) is 0 Å². The van der Waals surface area contributed by atoms with Crippen LogP contribution in [0.5, 0.6) is 0 Å². The van der Waals surface area contributed by atoms with Crippen LogP contribution in [0, 0.1) is 6.92 Å². The van der Waals surface area contributed by atoms with Crippen LogP contribution in [-0.4, -0.2) is 54.0 Å². The monoisotopic (exact) mass is 497 g/mol. The Kier molecular flexibility index (Phi) is 7.25. The van der Waals surface area contributed by atoms with Gasteiger partial charge in [0.1, 0.15) is 17.5 Å². The van der Waals surface area contributed by atoms with Gasteiger partial charge in [-0.2, -0.15) is 0 Å². The van der Waals surface area contributed by atoms with E-state index in [1.807, 2.05) is 31.2 Å². The van der Waals surface area contributed by atoms with Crippen molar-refractivity contribution in [1.29, 1.82) is 0 Å².